The molecule has 16 heavy (non-hydrogen) atoms. The Kier molecular flexibility index (Phi) is 5.81. The highest BCUT2D eigenvalue weighted by atomic mass is 32.1. The summed E-state index contributed by atoms with van der Waals surface area (Å²) in [6.07, 6.45) is 2.14. The molecule has 0 aliphatic rings. The second-order valence-corrected chi connectivity index (χ2v) is 4.34. The third-order valence-electron chi connectivity index (χ3n) is 2.46. The number of ether oxygens (including phenoxy) is 1. The van der Waals surface area contributed by atoms with Gasteiger partial charge in [-0.1, -0.05) is 13.0 Å². The molecule has 1 aromatic rings. The normalized spacial score (nSPS) is 11.8. The molecule has 0 spiro atoms. The summed E-state index contributed by atoms with van der Waals surface area (Å²) in [5, 5.41) is 8.73. The molecule has 0 fully saturated rings. The summed E-state index contributed by atoms with van der Waals surface area (Å²) in [6, 6.07) is 9.36. The molecule has 86 valence electrons. The van der Waals surface area contributed by atoms with Crippen molar-refractivity contribution in [2.75, 3.05) is 12.4 Å². The molecule has 0 amide bonds. The van der Waals surface area contributed by atoms with Crippen LogP contribution in [0.25, 0.3) is 0 Å². The predicted octanol–water partition coefficient (Wildman–Crippen LogP) is 3.28. The van der Waals surface area contributed by atoms with Crippen molar-refractivity contribution < 1.29 is 4.74 Å². The number of nitriles is 1. The minimum absolute atomic E-state index is 0.636. The number of rotatable bonds is 6. The van der Waals surface area contributed by atoms with Crippen molar-refractivity contribution in [1.82, 2.24) is 0 Å². The zero-order chi connectivity index (χ0) is 11.8. The standard InChI is InChI=1S/C13H17NOS/c1-11(6-8-16)5-7-15-13-4-2-3-12(9-13)10-14/h2-4,9,11,16H,5-8H2,1H3. The molecule has 1 aromatic carbocycles. The highest BCUT2D eigenvalue weighted by molar-refractivity contribution is 7.80. The van der Waals surface area contributed by atoms with E-state index < -0.39 is 0 Å². The summed E-state index contributed by atoms with van der Waals surface area (Å²) in [4.78, 5) is 0. The van der Waals surface area contributed by atoms with E-state index in [1.165, 1.54) is 0 Å². The lowest BCUT2D eigenvalue weighted by Crippen LogP contribution is -2.04. The van der Waals surface area contributed by atoms with E-state index in [4.69, 9.17) is 10.00 Å². The molecule has 3 heteroatoms. The first-order valence-electron chi connectivity index (χ1n) is 5.50. The first-order chi connectivity index (χ1) is 7.76. The van der Waals surface area contributed by atoms with Gasteiger partial charge in [0.25, 0.3) is 0 Å². The number of thiol groups is 1. The molecule has 0 saturated heterocycles. The van der Waals surface area contributed by atoms with Crippen LogP contribution >= 0.6 is 12.6 Å². The SMILES string of the molecule is CC(CCS)CCOc1cccc(C#N)c1. The minimum Gasteiger partial charge on any atom is -0.494 e. The Bertz CT molecular complexity index is 359. The maximum absolute atomic E-state index is 8.73. The van der Waals surface area contributed by atoms with Crippen molar-refractivity contribution in [3.8, 4) is 11.8 Å². The summed E-state index contributed by atoms with van der Waals surface area (Å²) in [5.41, 5.74) is 0.640. The van der Waals surface area contributed by atoms with E-state index in [-0.39, 0.29) is 0 Å². The van der Waals surface area contributed by atoms with Gasteiger partial charge >= 0.3 is 0 Å². The third-order valence-corrected chi connectivity index (χ3v) is 2.72. The molecule has 1 atom stereocenters. The molecule has 0 saturated carbocycles. The Morgan fingerprint density at radius 1 is 1.44 bits per heavy atom. The Labute approximate surface area is 103 Å². The number of hydrogen-bond donors (Lipinski definition) is 1. The maximum Gasteiger partial charge on any atom is 0.120 e. The van der Waals surface area contributed by atoms with Gasteiger partial charge in [0, 0.05) is 0 Å². The zero-order valence-corrected chi connectivity index (χ0v) is 10.4. The Morgan fingerprint density at radius 3 is 2.94 bits per heavy atom. The smallest absolute Gasteiger partial charge is 0.120 e. The molecule has 0 aliphatic carbocycles. The van der Waals surface area contributed by atoms with Crippen molar-refractivity contribution in [3.05, 3.63) is 29.8 Å². The van der Waals surface area contributed by atoms with Crippen LogP contribution in [0.2, 0.25) is 0 Å². The van der Waals surface area contributed by atoms with Gasteiger partial charge in [0.1, 0.15) is 5.75 Å². The minimum atomic E-state index is 0.636. The van der Waals surface area contributed by atoms with Gasteiger partial charge in [-0.3, -0.25) is 0 Å². The first-order valence-corrected chi connectivity index (χ1v) is 6.13. The lowest BCUT2D eigenvalue weighted by Gasteiger charge is -2.10. The molecular weight excluding hydrogens is 218 g/mol. The van der Waals surface area contributed by atoms with Crippen LogP contribution in [0.3, 0.4) is 0 Å². The number of nitrogens with zero attached hydrogens (tertiary/aromatic N) is 1. The molecule has 1 unspecified atom stereocenters. The van der Waals surface area contributed by atoms with Crippen LogP contribution in [-0.2, 0) is 0 Å². The van der Waals surface area contributed by atoms with Gasteiger partial charge in [-0.25, -0.2) is 0 Å². The van der Waals surface area contributed by atoms with E-state index in [1.54, 1.807) is 12.1 Å². The van der Waals surface area contributed by atoms with Crippen LogP contribution in [0, 0.1) is 17.2 Å². The quantitative estimate of drug-likeness (QED) is 0.768. The van der Waals surface area contributed by atoms with Gasteiger partial charge in [0.15, 0.2) is 0 Å². The van der Waals surface area contributed by atoms with Crippen molar-refractivity contribution in [2.45, 2.75) is 19.8 Å². The van der Waals surface area contributed by atoms with E-state index in [0.29, 0.717) is 18.1 Å². The highest BCUT2D eigenvalue weighted by Gasteiger charge is 2.01. The van der Waals surface area contributed by atoms with Crippen LogP contribution in [0.5, 0.6) is 5.75 Å². The van der Waals surface area contributed by atoms with Gasteiger partial charge in [0.2, 0.25) is 0 Å². The Hall–Kier alpha value is -1.14. The van der Waals surface area contributed by atoms with Crippen molar-refractivity contribution in [1.29, 1.82) is 5.26 Å². The summed E-state index contributed by atoms with van der Waals surface area (Å²) < 4.78 is 5.59. The molecule has 0 heterocycles. The van der Waals surface area contributed by atoms with Gasteiger partial charge in [-0.15, -0.1) is 0 Å². The highest BCUT2D eigenvalue weighted by Crippen LogP contribution is 2.14. The van der Waals surface area contributed by atoms with Gasteiger partial charge < -0.3 is 4.74 Å². The second kappa shape index (κ2) is 7.19. The lowest BCUT2D eigenvalue weighted by molar-refractivity contribution is 0.282. The second-order valence-electron chi connectivity index (χ2n) is 3.89. The molecular formula is C13H17NOS. The van der Waals surface area contributed by atoms with Gasteiger partial charge in [-0.2, -0.15) is 17.9 Å². The number of hydrogen-bond acceptors (Lipinski definition) is 3. The fourth-order valence-corrected chi connectivity index (χ4v) is 1.84. The number of benzene rings is 1. The fraction of sp³-hybridized carbons (Fsp3) is 0.462. The Balaban J connectivity index is 2.34. The van der Waals surface area contributed by atoms with Crippen LogP contribution in [0.4, 0.5) is 0 Å². The lowest BCUT2D eigenvalue weighted by atomic mass is 10.1. The van der Waals surface area contributed by atoms with E-state index in [0.717, 1.165) is 24.3 Å². The van der Waals surface area contributed by atoms with Gasteiger partial charge in [0.05, 0.1) is 18.2 Å². The zero-order valence-electron chi connectivity index (χ0n) is 9.52. The molecule has 0 N–H and O–H groups in total. The summed E-state index contributed by atoms with van der Waals surface area (Å²) >= 11 is 4.20. The van der Waals surface area contributed by atoms with E-state index in [1.807, 2.05) is 12.1 Å². The van der Waals surface area contributed by atoms with Crippen LogP contribution in [0.15, 0.2) is 24.3 Å². The van der Waals surface area contributed by atoms with Gasteiger partial charge in [-0.05, 0) is 42.7 Å². The average molecular weight is 235 g/mol. The molecule has 2 nitrogen and oxygen atoms in total. The third kappa shape index (κ3) is 4.59. The summed E-state index contributed by atoms with van der Waals surface area (Å²) in [5.74, 6) is 2.33. The average Bonchev–Trinajstić information content (AvgIpc) is 2.30. The van der Waals surface area contributed by atoms with Crippen molar-refractivity contribution in [2.24, 2.45) is 5.92 Å². The molecule has 0 aromatic heterocycles. The predicted molar refractivity (Wildman–Crippen MR) is 68.9 cm³/mol. The van der Waals surface area contributed by atoms with E-state index >= 15 is 0 Å². The largest absolute Gasteiger partial charge is 0.494 e. The topological polar surface area (TPSA) is 33.0 Å². The summed E-state index contributed by atoms with van der Waals surface area (Å²) in [6.45, 7) is 2.90. The molecule has 1 rings (SSSR count). The van der Waals surface area contributed by atoms with Crippen LogP contribution < -0.4 is 4.74 Å². The summed E-state index contributed by atoms with van der Waals surface area (Å²) in [7, 11) is 0. The van der Waals surface area contributed by atoms with E-state index in [2.05, 4.69) is 25.6 Å². The van der Waals surface area contributed by atoms with Crippen molar-refractivity contribution >= 4 is 12.6 Å². The molecule has 0 radical (unpaired) electrons. The Morgan fingerprint density at radius 2 is 2.25 bits per heavy atom. The van der Waals surface area contributed by atoms with Crippen LogP contribution in [0.1, 0.15) is 25.3 Å². The molecule has 0 bridgehead atoms. The van der Waals surface area contributed by atoms with E-state index in [9.17, 15) is 0 Å². The van der Waals surface area contributed by atoms with Crippen molar-refractivity contribution in [3.63, 3.8) is 0 Å². The molecule has 0 aliphatic heterocycles. The maximum atomic E-state index is 8.73. The van der Waals surface area contributed by atoms with Crippen LogP contribution in [-0.4, -0.2) is 12.4 Å². The first kappa shape index (κ1) is 12.9. The monoisotopic (exact) mass is 235 g/mol. The fourth-order valence-electron chi connectivity index (χ4n) is 1.40.